The van der Waals surface area contributed by atoms with Crippen molar-refractivity contribution in [2.75, 3.05) is 29.9 Å². The Morgan fingerprint density at radius 3 is 2.96 bits per heavy atom. The van der Waals surface area contributed by atoms with Crippen LogP contribution < -0.4 is 9.80 Å². The highest BCUT2D eigenvalue weighted by molar-refractivity contribution is 5.97. The molecule has 4 rings (SSSR count). The van der Waals surface area contributed by atoms with Gasteiger partial charge in [0.05, 0.1) is 11.4 Å². The number of carbonyl (C=O) groups is 1. The molecule has 0 bridgehead atoms. The highest BCUT2D eigenvalue weighted by atomic mass is 19.1. The van der Waals surface area contributed by atoms with E-state index in [0.29, 0.717) is 36.2 Å². The first-order valence-corrected chi connectivity index (χ1v) is 7.71. The van der Waals surface area contributed by atoms with Crippen molar-refractivity contribution < 1.29 is 9.18 Å². The molecule has 0 atom stereocenters. The highest BCUT2D eigenvalue weighted by Crippen LogP contribution is 2.37. The Labute approximate surface area is 132 Å². The molecule has 2 aliphatic rings. The van der Waals surface area contributed by atoms with Gasteiger partial charge in [-0.2, -0.15) is 4.80 Å². The minimum atomic E-state index is -0.322. The van der Waals surface area contributed by atoms with E-state index in [1.54, 1.807) is 17.0 Å². The highest BCUT2D eigenvalue weighted by Gasteiger charge is 2.30. The molecule has 0 unspecified atom stereocenters. The van der Waals surface area contributed by atoms with Crippen LogP contribution in [0.1, 0.15) is 24.6 Å². The summed E-state index contributed by atoms with van der Waals surface area (Å²) < 4.78 is 14.1. The van der Waals surface area contributed by atoms with Crippen LogP contribution in [0, 0.1) is 5.82 Å². The average Bonchev–Trinajstić information content (AvgIpc) is 3.28. The van der Waals surface area contributed by atoms with Gasteiger partial charge in [-0.05, 0) is 30.2 Å². The predicted octanol–water partition coefficient (Wildman–Crippen LogP) is 1.17. The molecule has 1 aromatic carbocycles. The summed E-state index contributed by atoms with van der Waals surface area (Å²) in [5, 5.41) is 12.2. The van der Waals surface area contributed by atoms with Gasteiger partial charge >= 0.3 is 0 Å². The number of halogens is 1. The third-order valence-corrected chi connectivity index (χ3v) is 4.29. The van der Waals surface area contributed by atoms with Crippen LogP contribution in [0.25, 0.3) is 0 Å². The second-order valence-electron chi connectivity index (χ2n) is 6.03. The van der Waals surface area contributed by atoms with Crippen molar-refractivity contribution in [3.8, 4) is 0 Å². The number of anilines is 2. The van der Waals surface area contributed by atoms with E-state index in [1.165, 1.54) is 10.9 Å². The first-order valence-electron chi connectivity index (χ1n) is 7.71. The molecule has 1 fully saturated rings. The molecule has 0 N–H and O–H groups in total. The fourth-order valence-corrected chi connectivity index (χ4v) is 2.87. The summed E-state index contributed by atoms with van der Waals surface area (Å²) >= 11 is 0. The van der Waals surface area contributed by atoms with E-state index in [4.69, 9.17) is 0 Å². The Kier molecular flexibility index (Phi) is 3.24. The van der Waals surface area contributed by atoms with Gasteiger partial charge in [-0.1, -0.05) is 6.07 Å². The maximum absolute atomic E-state index is 14.1. The number of likely N-dealkylation sites (N-methyl/N-ethyl adjacent to an activating group) is 1. The first kappa shape index (κ1) is 14.1. The van der Waals surface area contributed by atoms with Gasteiger partial charge in [-0.25, -0.2) is 4.39 Å². The quantitative estimate of drug-likeness (QED) is 0.850. The van der Waals surface area contributed by atoms with Crippen molar-refractivity contribution in [3.05, 3.63) is 29.8 Å². The fourth-order valence-electron chi connectivity index (χ4n) is 2.87. The van der Waals surface area contributed by atoms with Gasteiger partial charge < -0.3 is 9.80 Å². The Morgan fingerprint density at radius 1 is 1.35 bits per heavy atom. The Bertz CT molecular complexity index is 756. The van der Waals surface area contributed by atoms with E-state index >= 15 is 0 Å². The zero-order chi connectivity index (χ0) is 16.0. The largest absolute Gasteiger partial charge is 0.369 e. The summed E-state index contributed by atoms with van der Waals surface area (Å²) in [4.78, 5) is 17.3. The molecule has 2 heterocycles. The van der Waals surface area contributed by atoms with Crippen LogP contribution in [0.15, 0.2) is 18.2 Å². The molecular formula is C15H17FN6O. The minimum absolute atomic E-state index is 0.0133. The SMILES string of the molecule is CN1CCN(C(=O)Cn2nnc(C3CC3)n2)c2cccc(F)c21. The number of para-hydroxylation sites is 1. The van der Waals surface area contributed by atoms with Crippen molar-refractivity contribution in [1.29, 1.82) is 0 Å². The number of nitrogens with zero attached hydrogens (tertiary/aromatic N) is 6. The number of amides is 1. The van der Waals surface area contributed by atoms with E-state index in [2.05, 4.69) is 15.4 Å². The van der Waals surface area contributed by atoms with Gasteiger partial charge in [0.15, 0.2) is 5.82 Å². The lowest BCUT2D eigenvalue weighted by Crippen LogP contribution is -2.44. The van der Waals surface area contributed by atoms with E-state index in [0.717, 1.165) is 12.8 Å². The Hall–Kier alpha value is -2.51. The third kappa shape index (κ3) is 2.54. The maximum Gasteiger partial charge on any atom is 0.250 e. The van der Waals surface area contributed by atoms with Gasteiger partial charge in [-0.3, -0.25) is 4.79 Å². The number of fused-ring (bicyclic) bond motifs is 1. The fraction of sp³-hybridized carbons (Fsp3) is 0.467. The van der Waals surface area contributed by atoms with E-state index < -0.39 is 0 Å². The molecule has 0 spiro atoms. The standard InChI is InChI=1S/C15H17FN6O/c1-20-7-8-21(12-4-2-3-11(16)14(12)20)13(23)9-22-18-15(17-19-22)10-5-6-10/h2-4,10H,5-9H2,1H3. The molecule has 8 heteroatoms. The monoisotopic (exact) mass is 316 g/mol. The number of benzene rings is 1. The number of tetrazole rings is 1. The number of rotatable bonds is 3. The average molecular weight is 316 g/mol. The second-order valence-corrected chi connectivity index (χ2v) is 6.03. The van der Waals surface area contributed by atoms with Crippen LogP contribution in [-0.4, -0.2) is 46.3 Å². The topological polar surface area (TPSA) is 67.2 Å². The molecule has 2 aromatic rings. The number of carbonyl (C=O) groups excluding carboxylic acids is 1. The molecular weight excluding hydrogens is 299 g/mol. The summed E-state index contributed by atoms with van der Waals surface area (Å²) in [5.74, 6) is 0.627. The van der Waals surface area contributed by atoms with Crippen LogP contribution >= 0.6 is 0 Å². The first-order chi connectivity index (χ1) is 11.1. The lowest BCUT2D eigenvalue weighted by molar-refractivity contribution is -0.119. The molecule has 0 saturated heterocycles. The second kappa shape index (κ2) is 5.29. The lowest BCUT2D eigenvalue weighted by atomic mass is 10.1. The molecule has 1 saturated carbocycles. The lowest BCUT2D eigenvalue weighted by Gasteiger charge is -2.35. The van der Waals surface area contributed by atoms with Crippen molar-refractivity contribution >= 4 is 17.3 Å². The molecule has 0 radical (unpaired) electrons. The zero-order valence-corrected chi connectivity index (χ0v) is 12.8. The summed E-state index contributed by atoms with van der Waals surface area (Å²) in [6.07, 6.45) is 2.18. The summed E-state index contributed by atoms with van der Waals surface area (Å²) in [7, 11) is 1.82. The minimum Gasteiger partial charge on any atom is -0.369 e. The third-order valence-electron chi connectivity index (χ3n) is 4.29. The van der Waals surface area contributed by atoms with Crippen molar-refractivity contribution in [3.63, 3.8) is 0 Å². The predicted molar refractivity (Wildman–Crippen MR) is 81.8 cm³/mol. The molecule has 7 nitrogen and oxygen atoms in total. The molecule has 120 valence electrons. The van der Waals surface area contributed by atoms with Crippen LogP contribution in [0.2, 0.25) is 0 Å². The maximum atomic E-state index is 14.1. The molecule has 1 amide bonds. The van der Waals surface area contributed by atoms with Gasteiger partial charge in [0.2, 0.25) is 0 Å². The summed E-state index contributed by atoms with van der Waals surface area (Å²) in [6, 6.07) is 4.78. The summed E-state index contributed by atoms with van der Waals surface area (Å²) in [6.45, 7) is 1.10. The Morgan fingerprint density at radius 2 is 2.17 bits per heavy atom. The molecule has 1 aliphatic carbocycles. The van der Waals surface area contributed by atoms with Crippen LogP contribution in [0.5, 0.6) is 0 Å². The van der Waals surface area contributed by atoms with E-state index in [9.17, 15) is 9.18 Å². The van der Waals surface area contributed by atoms with Crippen LogP contribution in [-0.2, 0) is 11.3 Å². The Balaban J connectivity index is 1.56. The van der Waals surface area contributed by atoms with Gasteiger partial charge in [0, 0.05) is 26.1 Å². The van der Waals surface area contributed by atoms with Crippen LogP contribution in [0.4, 0.5) is 15.8 Å². The summed E-state index contributed by atoms with van der Waals surface area (Å²) in [5.41, 5.74) is 1.05. The number of hydrogen-bond donors (Lipinski definition) is 0. The normalized spacial score (nSPS) is 17.3. The smallest absolute Gasteiger partial charge is 0.250 e. The number of aromatic nitrogens is 4. The molecule has 1 aromatic heterocycles. The van der Waals surface area contributed by atoms with Crippen molar-refractivity contribution in [2.24, 2.45) is 0 Å². The van der Waals surface area contributed by atoms with Crippen molar-refractivity contribution in [2.45, 2.75) is 25.3 Å². The van der Waals surface area contributed by atoms with Gasteiger partial charge in [-0.15, -0.1) is 10.2 Å². The van der Waals surface area contributed by atoms with E-state index in [1.807, 2.05) is 11.9 Å². The van der Waals surface area contributed by atoms with Gasteiger partial charge in [0.25, 0.3) is 5.91 Å². The number of hydrogen-bond acceptors (Lipinski definition) is 5. The molecule has 23 heavy (non-hydrogen) atoms. The van der Waals surface area contributed by atoms with Gasteiger partial charge in [0.1, 0.15) is 12.4 Å². The van der Waals surface area contributed by atoms with Crippen LogP contribution in [0.3, 0.4) is 0 Å². The van der Waals surface area contributed by atoms with Crippen molar-refractivity contribution in [1.82, 2.24) is 20.2 Å². The molecule has 1 aliphatic heterocycles. The zero-order valence-electron chi connectivity index (χ0n) is 12.8. The van der Waals surface area contributed by atoms with E-state index in [-0.39, 0.29) is 18.3 Å².